The van der Waals surface area contributed by atoms with Gasteiger partial charge in [0, 0.05) is 28.8 Å². The SMILES string of the molecule is O=C(NCCc1nc2c(s1)CCCC2)c1csc(-c2ccccc2)n1. The molecule has 1 aromatic carbocycles. The topological polar surface area (TPSA) is 54.9 Å². The normalized spacial score (nSPS) is 13.4. The van der Waals surface area contributed by atoms with Crippen LogP contribution in [-0.4, -0.2) is 22.4 Å². The standard InChI is InChI=1S/C19H19N3OS2/c23-18(15-12-24-19(22-15)13-6-2-1-3-7-13)20-11-10-17-21-14-8-4-5-9-16(14)25-17/h1-3,6-7,12H,4-5,8-11H2,(H,20,23). The molecule has 0 fully saturated rings. The van der Waals surface area contributed by atoms with Crippen LogP contribution < -0.4 is 5.32 Å². The minimum absolute atomic E-state index is 0.111. The largest absolute Gasteiger partial charge is 0.350 e. The molecule has 0 spiro atoms. The first-order chi connectivity index (χ1) is 12.3. The summed E-state index contributed by atoms with van der Waals surface area (Å²) >= 11 is 3.30. The molecule has 0 saturated carbocycles. The van der Waals surface area contributed by atoms with Gasteiger partial charge in [-0.05, 0) is 25.7 Å². The van der Waals surface area contributed by atoms with E-state index in [1.807, 2.05) is 47.0 Å². The van der Waals surface area contributed by atoms with Crippen molar-refractivity contribution in [2.75, 3.05) is 6.54 Å². The van der Waals surface area contributed by atoms with Crippen LogP contribution in [-0.2, 0) is 19.3 Å². The van der Waals surface area contributed by atoms with Crippen molar-refractivity contribution in [1.29, 1.82) is 0 Å². The molecule has 25 heavy (non-hydrogen) atoms. The first-order valence-electron chi connectivity index (χ1n) is 8.56. The van der Waals surface area contributed by atoms with Crippen LogP contribution in [0.5, 0.6) is 0 Å². The Morgan fingerprint density at radius 3 is 2.80 bits per heavy atom. The third kappa shape index (κ3) is 3.80. The molecule has 4 rings (SSSR count). The fraction of sp³-hybridized carbons (Fsp3) is 0.316. The van der Waals surface area contributed by atoms with E-state index in [0.717, 1.165) is 28.4 Å². The zero-order chi connectivity index (χ0) is 17.1. The van der Waals surface area contributed by atoms with Crippen molar-refractivity contribution in [3.8, 4) is 10.6 Å². The summed E-state index contributed by atoms with van der Waals surface area (Å²) in [7, 11) is 0. The summed E-state index contributed by atoms with van der Waals surface area (Å²) in [5.74, 6) is -0.111. The number of hydrogen-bond donors (Lipinski definition) is 1. The average Bonchev–Trinajstić information content (AvgIpc) is 3.29. The summed E-state index contributed by atoms with van der Waals surface area (Å²) in [4.78, 5) is 22.9. The van der Waals surface area contributed by atoms with Crippen LogP contribution in [0.3, 0.4) is 0 Å². The van der Waals surface area contributed by atoms with Crippen molar-refractivity contribution in [2.45, 2.75) is 32.1 Å². The van der Waals surface area contributed by atoms with Gasteiger partial charge in [-0.25, -0.2) is 9.97 Å². The van der Waals surface area contributed by atoms with E-state index in [-0.39, 0.29) is 5.91 Å². The smallest absolute Gasteiger partial charge is 0.270 e. The number of carbonyl (C=O) groups is 1. The predicted molar refractivity (Wildman–Crippen MR) is 102 cm³/mol. The average molecular weight is 370 g/mol. The summed E-state index contributed by atoms with van der Waals surface area (Å²) < 4.78 is 0. The summed E-state index contributed by atoms with van der Waals surface area (Å²) in [6, 6.07) is 9.94. The van der Waals surface area contributed by atoms with E-state index in [9.17, 15) is 4.79 Å². The van der Waals surface area contributed by atoms with Crippen molar-refractivity contribution in [3.63, 3.8) is 0 Å². The molecule has 1 aliphatic rings. The van der Waals surface area contributed by atoms with Gasteiger partial charge in [0.25, 0.3) is 5.91 Å². The lowest BCUT2D eigenvalue weighted by Gasteiger charge is -2.06. The number of hydrogen-bond acceptors (Lipinski definition) is 5. The van der Waals surface area contributed by atoms with Crippen molar-refractivity contribution >= 4 is 28.6 Å². The van der Waals surface area contributed by atoms with Gasteiger partial charge in [0.1, 0.15) is 10.7 Å². The monoisotopic (exact) mass is 369 g/mol. The van der Waals surface area contributed by atoms with Gasteiger partial charge in [-0.15, -0.1) is 22.7 Å². The Hall–Kier alpha value is -2.05. The second-order valence-corrected chi connectivity index (χ2v) is 8.12. The molecule has 0 saturated heterocycles. The molecule has 0 unspecified atom stereocenters. The van der Waals surface area contributed by atoms with E-state index >= 15 is 0 Å². The first kappa shape index (κ1) is 16.4. The number of nitrogens with zero attached hydrogens (tertiary/aromatic N) is 2. The molecule has 0 atom stereocenters. The van der Waals surface area contributed by atoms with E-state index in [1.54, 1.807) is 0 Å². The second-order valence-electron chi connectivity index (χ2n) is 6.09. The summed E-state index contributed by atoms with van der Waals surface area (Å²) in [5, 5.41) is 6.79. The van der Waals surface area contributed by atoms with Crippen molar-refractivity contribution < 1.29 is 4.79 Å². The predicted octanol–water partition coefficient (Wildman–Crippen LogP) is 4.12. The van der Waals surface area contributed by atoms with Gasteiger partial charge in [-0.3, -0.25) is 4.79 Å². The zero-order valence-corrected chi connectivity index (χ0v) is 15.5. The molecule has 2 heterocycles. The minimum atomic E-state index is -0.111. The fourth-order valence-electron chi connectivity index (χ4n) is 2.98. The maximum atomic E-state index is 12.3. The summed E-state index contributed by atoms with van der Waals surface area (Å²) in [5.41, 5.74) is 2.81. The molecule has 6 heteroatoms. The maximum absolute atomic E-state index is 12.3. The molecular weight excluding hydrogens is 350 g/mol. The number of aromatic nitrogens is 2. The molecule has 0 bridgehead atoms. The van der Waals surface area contributed by atoms with Gasteiger partial charge in [0.2, 0.25) is 0 Å². The lowest BCUT2D eigenvalue weighted by atomic mass is 10.0. The van der Waals surface area contributed by atoms with Crippen molar-refractivity contribution in [2.24, 2.45) is 0 Å². The summed E-state index contributed by atoms with van der Waals surface area (Å²) in [6.07, 6.45) is 5.60. The van der Waals surface area contributed by atoms with Crippen LogP contribution in [0.1, 0.15) is 38.9 Å². The molecule has 0 aliphatic heterocycles. The minimum Gasteiger partial charge on any atom is -0.350 e. The third-order valence-electron chi connectivity index (χ3n) is 4.27. The number of carbonyl (C=O) groups excluding carboxylic acids is 1. The highest BCUT2D eigenvalue weighted by Gasteiger charge is 2.15. The number of aryl methyl sites for hydroxylation is 2. The van der Waals surface area contributed by atoms with E-state index in [1.165, 1.54) is 41.2 Å². The Morgan fingerprint density at radius 2 is 1.96 bits per heavy atom. The Kier molecular flexibility index (Phi) is 4.90. The molecule has 1 aliphatic carbocycles. The number of fused-ring (bicyclic) bond motifs is 1. The van der Waals surface area contributed by atoms with Gasteiger partial charge in [-0.1, -0.05) is 30.3 Å². The van der Waals surface area contributed by atoms with E-state index < -0.39 is 0 Å². The Morgan fingerprint density at radius 1 is 1.12 bits per heavy atom. The highest BCUT2D eigenvalue weighted by Crippen LogP contribution is 2.27. The molecule has 4 nitrogen and oxygen atoms in total. The van der Waals surface area contributed by atoms with Gasteiger partial charge >= 0.3 is 0 Å². The molecule has 1 N–H and O–H groups in total. The van der Waals surface area contributed by atoms with Crippen LogP contribution in [0.4, 0.5) is 0 Å². The zero-order valence-electron chi connectivity index (χ0n) is 13.8. The van der Waals surface area contributed by atoms with Gasteiger partial charge in [-0.2, -0.15) is 0 Å². The van der Waals surface area contributed by atoms with E-state index in [0.29, 0.717) is 12.2 Å². The van der Waals surface area contributed by atoms with Crippen LogP contribution >= 0.6 is 22.7 Å². The maximum Gasteiger partial charge on any atom is 0.270 e. The van der Waals surface area contributed by atoms with Crippen LogP contribution in [0, 0.1) is 0 Å². The van der Waals surface area contributed by atoms with Crippen LogP contribution in [0.25, 0.3) is 10.6 Å². The van der Waals surface area contributed by atoms with Crippen molar-refractivity contribution in [3.05, 3.63) is 57.0 Å². The van der Waals surface area contributed by atoms with E-state index in [4.69, 9.17) is 4.98 Å². The number of amides is 1. The summed E-state index contributed by atoms with van der Waals surface area (Å²) in [6.45, 7) is 0.601. The third-order valence-corrected chi connectivity index (χ3v) is 6.38. The molecule has 128 valence electrons. The Bertz CT molecular complexity index is 846. The highest BCUT2D eigenvalue weighted by molar-refractivity contribution is 7.13. The molecule has 3 aromatic rings. The number of thiazole rings is 2. The molecule has 2 aromatic heterocycles. The lowest BCUT2D eigenvalue weighted by Crippen LogP contribution is -2.25. The highest BCUT2D eigenvalue weighted by atomic mass is 32.1. The van der Waals surface area contributed by atoms with E-state index in [2.05, 4.69) is 10.3 Å². The quantitative estimate of drug-likeness (QED) is 0.736. The molecule has 1 amide bonds. The molecule has 0 radical (unpaired) electrons. The Labute approximate surface area is 155 Å². The number of rotatable bonds is 5. The first-order valence-corrected chi connectivity index (χ1v) is 10.3. The lowest BCUT2D eigenvalue weighted by molar-refractivity contribution is 0.0950. The number of benzene rings is 1. The fourth-order valence-corrected chi connectivity index (χ4v) is 4.94. The van der Waals surface area contributed by atoms with Crippen LogP contribution in [0.15, 0.2) is 35.7 Å². The molecular formula is C19H19N3OS2. The van der Waals surface area contributed by atoms with Crippen LogP contribution in [0.2, 0.25) is 0 Å². The second kappa shape index (κ2) is 7.45. The van der Waals surface area contributed by atoms with Gasteiger partial charge in [0.15, 0.2) is 0 Å². The van der Waals surface area contributed by atoms with Gasteiger partial charge in [0.05, 0.1) is 10.7 Å². The Balaban J connectivity index is 1.33. The van der Waals surface area contributed by atoms with Crippen molar-refractivity contribution in [1.82, 2.24) is 15.3 Å². The van der Waals surface area contributed by atoms with Gasteiger partial charge < -0.3 is 5.32 Å². The number of nitrogens with one attached hydrogen (secondary N) is 1.